The SMILES string of the molecule is CN(CCc1nc2ccc(F)cc2[nH]1)C[C@H]1CCCOC1. The van der Waals surface area contributed by atoms with Crippen LogP contribution in [-0.4, -0.2) is 48.2 Å². The van der Waals surface area contributed by atoms with E-state index in [9.17, 15) is 4.39 Å². The number of aromatic nitrogens is 2. The van der Waals surface area contributed by atoms with Crippen molar-refractivity contribution < 1.29 is 9.13 Å². The van der Waals surface area contributed by atoms with Crippen LogP contribution in [0.3, 0.4) is 0 Å². The largest absolute Gasteiger partial charge is 0.381 e. The van der Waals surface area contributed by atoms with Crippen molar-refractivity contribution in [2.75, 3.05) is 33.4 Å². The molecule has 3 rings (SSSR count). The Balaban J connectivity index is 1.53. The van der Waals surface area contributed by atoms with Crippen molar-refractivity contribution in [2.24, 2.45) is 5.92 Å². The zero-order chi connectivity index (χ0) is 14.7. The third kappa shape index (κ3) is 3.80. The second-order valence-corrected chi connectivity index (χ2v) is 5.94. The maximum Gasteiger partial charge on any atom is 0.125 e. The molecule has 0 amide bonds. The fraction of sp³-hybridized carbons (Fsp3) is 0.562. The third-order valence-corrected chi connectivity index (χ3v) is 4.05. The maximum absolute atomic E-state index is 13.2. The lowest BCUT2D eigenvalue weighted by Crippen LogP contribution is -2.32. The predicted octanol–water partition coefficient (Wildman–Crippen LogP) is 2.60. The zero-order valence-corrected chi connectivity index (χ0v) is 12.4. The van der Waals surface area contributed by atoms with Crippen molar-refractivity contribution in [2.45, 2.75) is 19.3 Å². The third-order valence-electron chi connectivity index (χ3n) is 4.05. The molecule has 1 aromatic heterocycles. The summed E-state index contributed by atoms with van der Waals surface area (Å²) in [5.74, 6) is 1.34. The molecule has 0 unspecified atom stereocenters. The Labute approximate surface area is 124 Å². The van der Waals surface area contributed by atoms with Gasteiger partial charge in [-0.25, -0.2) is 9.37 Å². The van der Waals surface area contributed by atoms with Gasteiger partial charge in [0.15, 0.2) is 0 Å². The Morgan fingerprint density at radius 2 is 2.38 bits per heavy atom. The number of rotatable bonds is 5. The van der Waals surface area contributed by atoms with Crippen molar-refractivity contribution in [3.05, 3.63) is 29.8 Å². The Morgan fingerprint density at radius 1 is 1.48 bits per heavy atom. The van der Waals surface area contributed by atoms with Gasteiger partial charge in [0, 0.05) is 26.1 Å². The lowest BCUT2D eigenvalue weighted by Gasteiger charge is -2.26. The summed E-state index contributed by atoms with van der Waals surface area (Å²) in [7, 11) is 2.14. The topological polar surface area (TPSA) is 41.2 Å². The molecule has 0 saturated carbocycles. The number of H-pyrrole nitrogens is 1. The van der Waals surface area contributed by atoms with E-state index in [1.54, 1.807) is 6.07 Å². The molecule has 4 nitrogen and oxygen atoms in total. The fourth-order valence-electron chi connectivity index (χ4n) is 2.93. The minimum atomic E-state index is -0.230. The average molecular weight is 291 g/mol. The highest BCUT2D eigenvalue weighted by atomic mass is 19.1. The second-order valence-electron chi connectivity index (χ2n) is 5.94. The summed E-state index contributed by atoms with van der Waals surface area (Å²) in [5, 5.41) is 0. The van der Waals surface area contributed by atoms with Gasteiger partial charge in [-0.1, -0.05) is 0 Å². The van der Waals surface area contributed by atoms with Crippen LogP contribution in [0.4, 0.5) is 4.39 Å². The van der Waals surface area contributed by atoms with E-state index in [0.717, 1.165) is 49.6 Å². The van der Waals surface area contributed by atoms with Crippen molar-refractivity contribution in [1.29, 1.82) is 0 Å². The summed E-state index contributed by atoms with van der Waals surface area (Å²) in [6.45, 7) is 3.80. The van der Waals surface area contributed by atoms with E-state index >= 15 is 0 Å². The summed E-state index contributed by atoms with van der Waals surface area (Å²) in [6, 6.07) is 4.66. The molecule has 1 saturated heterocycles. The lowest BCUT2D eigenvalue weighted by molar-refractivity contribution is 0.0422. The highest BCUT2D eigenvalue weighted by Crippen LogP contribution is 2.15. The number of imidazole rings is 1. The summed E-state index contributed by atoms with van der Waals surface area (Å²) in [5.41, 5.74) is 1.60. The number of likely N-dealkylation sites (N-methyl/N-ethyl adjacent to an activating group) is 1. The molecule has 1 aromatic carbocycles. The van der Waals surface area contributed by atoms with Gasteiger partial charge in [-0.2, -0.15) is 0 Å². The second kappa shape index (κ2) is 6.54. The van der Waals surface area contributed by atoms with Gasteiger partial charge in [-0.3, -0.25) is 0 Å². The molecule has 114 valence electrons. The average Bonchev–Trinajstić information content (AvgIpc) is 2.88. The molecular weight excluding hydrogens is 269 g/mol. The van der Waals surface area contributed by atoms with Crippen LogP contribution in [0.25, 0.3) is 11.0 Å². The first-order valence-electron chi connectivity index (χ1n) is 7.61. The van der Waals surface area contributed by atoms with Gasteiger partial charge in [0.25, 0.3) is 0 Å². The first-order chi connectivity index (χ1) is 10.2. The molecule has 1 atom stereocenters. The molecule has 0 bridgehead atoms. The number of hydrogen-bond donors (Lipinski definition) is 1. The van der Waals surface area contributed by atoms with E-state index in [-0.39, 0.29) is 5.82 Å². The smallest absolute Gasteiger partial charge is 0.125 e. The molecule has 0 aliphatic carbocycles. The fourth-order valence-corrected chi connectivity index (χ4v) is 2.93. The van der Waals surface area contributed by atoms with Crippen LogP contribution in [0.1, 0.15) is 18.7 Å². The van der Waals surface area contributed by atoms with Crippen molar-refractivity contribution in [1.82, 2.24) is 14.9 Å². The Morgan fingerprint density at radius 3 is 3.19 bits per heavy atom. The number of aromatic amines is 1. The van der Waals surface area contributed by atoms with Gasteiger partial charge in [-0.15, -0.1) is 0 Å². The van der Waals surface area contributed by atoms with Crippen LogP contribution in [0.5, 0.6) is 0 Å². The van der Waals surface area contributed by atoms with Gasteiger partial charge < -0.3 is 14.6 Å². The first-order valence-corrected chi connectivity index (χ1v) is 7.61. The van der Waals surface area contributed by atoms with Crippen LogP contribution in [0, 0.1) is 11.7 Å². The standard InChI is InChI=1S/C16H22FN3O/c1-20(10-12-3-2-8-21-11-12)7-6-16-18-14-5-4-13(17)9-15(14)19-16/h4-5,9,12H,2-3,6-8,10-11H2,1H3,(H,18,19)/t12-/m1/s1. The maximum atomic E-state index is 13.2. The zero-order valence-electron chi connectivity index (χ0n) is 12.4. The molecule has 1 N–H and O–H groups in total. The Kier molecular flexibility index (Phi) is 4.51. The van der Waals surface area contributed by atoms with E-state index in [2.05, 4.69) is 21.9 Å². The minimum Gasteiger partial charge on any atom is -0.381 e. The number of nitrogens with one attached hydrogen (secondary N) is 1. The van der Waals surface area contributed by atoms with Crippen LogP contribution in [0.15, 0.2) is 18.2 Å². The van der Waals surface area contributed by atoms with Crippen LogP contribution < -0.4 is 0 Å². The number of fused-ring (bicyclic) bond motifs is 1. The molecule has 0 spiro atoms. The summed E-state index contributed by atoms with van der Waals surface area (Å²) in [6.07, 6.45) is 3.28. The number of halogens is 1. The summed E-state index contributed by atoms with van der Waals surface area (Å²) in [4.78, 5) is 10.0. The first kappa shape index (κ1) is 14.5. The van der Waals surface area contributed by atoms with Crippen LogP contribution in [0.2, 0.25) is 0 Å². The molecule has 21 heavy (non-hydrogen) atoms. The van der Waals surface area contributed by atoms with Gasteiger partial charge in [0.05, 0.1) is 17.6 Å². The van der Waals surface area contributed by atoms with Gasteiger partial charge >= 0.3 is 0 Å². The summed E-state index contributed by atoms with van der Waals surface area (Å²) >= 11 is 0. The number of hydrogen-bond acceptors (Lipinski definition) is 3. The van der Waals surface area contributed by atoms with E-state index in [4.69, 9.17) is 4.74 Å². The van der Waals surface area contributed by atoms with Gasteiger partial charge in [0.2, 0.25) is 0 Å². The van der Waals surface area contributed by atoms with E-state index in [1.165, 1.54) is 25.0 Å². The molecule has 2 heterocycles. The molecule has 0 radical (unpaired) electrons. The molecular formula is C16H22FN3O. The highest BCUT2D eigenvalue weighted by molar-refractivity contribution is 5.74. The molecule has 5 heteroatoms. The number of ether oxygens (including phenoxy) is 1. The summed E-state index contributed by atoms with van der Waals surface area (Å²) < 4.78 is 18.7. The molecule has 1 aliphatic rings. The van der Waals surface area contributed by atoms with Gasteiger partial charge in [-0.05, 0) is 44.0 Å². The van der Waals surface area contributed by atoms with Crippen LogP contribution >= 0.6 is 0 Å². The number of nitrogens with zero attached hydrogens (tertiary/aromatic N) is 2. The molecule has 1 aliphatic heterocycles. The Hall–Kier alpha value is -1.46. The van der Waals surface area contributed by atoms with E-state index in [1.807, 2.05) is 0 Å². The quantitative estimate of drug-likeness (QED) is 0.920. The normalized spacial score (nSPS) is 19.5. The van der Waals surface area contributed by atoms with Crippen molar-refractivity contribution in [3.63, 3.8) is 0 Å². The Bertz CT molecular complexity index is 592. The van der Waals surface area contributed by atoms with Crippen molar-refractivity contribution >= 4 is 11.0 Å². The van der Waals surface area contributed by atoms with Crippen LogP contribution in [-0.2, 0) is 11.2 Å². The number of benzene rings is 1. The van der Waals surface area contributed by atoms with Crippen molar-refractivity contribution in [3.8, 4) is 0 Å². The predicted molar refractivity (Wildman–Crippen MR) is 80.8 cm³/mol. The highest BCUT2D eigenvalue weighted by Gasteiger charge is 2.16. The van der Waals surface area contributed by atoms with Gasteiger partial charge in [0.1, 0.15) is 11.6 Å². The monoisotopic (exact) mass is 291 g/mol. The minimum absolute atomic E-state index is 0.230. The lowest BCUT2D eigenvalue weighted by atomic mass is 10.0. The molecule has 2 aromatic rings. The van der Waals surface area contributed by atoms with E-state index in [0.29, 0.717) is 5.92 Å². The van der Waals surface area contributed by atoms with E-state index < -0.39 is 0 Å². The molecule has 1 fully saturated rings.